The summed E-state index contributed by atoms with van der Waals surface area (Å²) in [4.78, 5) is 63.9. The van der Waals surface area contributed by atoms with Gasteiger partial charge in [-0.1, -0.05) is 30.3 Å². The number of aliphatic carboxylic acids is 1. The van der Waals surface area contributed by atoms with Crippen LogP contribution in [0.15, 0.2) is 30.3 Å². The number of carbonyl (C=O) groups is 5. The number of carboxylic acids is 1. The third-order valence-corrected chi connectivity index (χ3v) is 7.30. The molecule has 3 heterocycles. The minimum absolute atomic E-state index is 0. The van der Waals surface area contributed by atoms with Crippen LogP contribution < -0.4 is 50.6 Å². The van der Waals surface area contributed by atoms with Crippen LogP contribution in [0.25, 0.3) is 0 Å². The molecule has 3 aliphatic rings. The zero-order valence-corrected chi connectivity index (χ0v) is 21.2. The van der Waals surface area contributed by atoms with Gasteiger partial charge in [0.15, 0.2) is 0 Å². The van der Waals surface area contributed by atoms with Crippen molar-refractivity contribution in [1.82, 2.24) is 25.8 Å². The fourth-order valence-corrected chi connectivity index (χ4v) is 5.80. The maximum absolute atomic E-state index is 13.1. The number of amides is 6. The molecule has 0 bridgehead atoms. The molecule has 0 spiro atoms. The Morgan fingerprint density at radius 3 is 2.45 bits per heavy atom. The van der Waals surface area contributed by atoms with E-state index in [-0.39, 0.29) is 36.1 Å². The van der Waals surface area contributed by atoms with Gasteiger partial charge in [0.25, 0.3) is 0 Å². The second kappa shape index (κ2) is 9.53. The summed E-state index contributed by atoms with van der Waals surface area (Å²) in [6, 6.07) is 3.93. The number of nitrogens with zero attached hydrogens (tertiary/aromatic N) is 2. The Bertz CT molecular complexity index is 992. The van der Waals surface area contributed by atoms with E-state index < -0.39 is 58.1 Å². The number of carbonyl (C=O) groups excluding carboxylic acids is 5. The van der Waals surface area contributed by atoms with Crippen molar-refractivity contribution < 1.29 is 58.6 Å². The predicted octanol–water partition coefficient (Wildman–Crippen LogP) is -4.24. The quantitative estimate of drug-likeness (QED) is 0.284. The monoisotopic (exact) mass is 483 g/mol. The van der Waals surface area contributed by atoms with E-state index >= 15 is 0 Å². The smallest absolute Gasteiger partial charge is 0.548 e. The van der Waals surface area contributed by atoms with Crippen LogP contribution in [0.5, 0.6) is 0 Å². The SMILES string of the molecule is CC1(C)S[C@@H]2[C@H](NC(=O)[C@H](NC(=O)N3CCNC3=O)c3ccccc3)C(=O)N2[C@H]1C(=O)[O-].[Na+]. The van der Waals surface area contributed by atoms with Crippen LogP contribution in [0.3, 0.4) is 0 Å². The summed E-state index contributed by atoms with van der Waals surface area (Å²) in [7, 11) is 0. The molecule has 1 aromatic rings. The number of thioether (sulfide) groups is 1. The molecular weight excluding hydrogens is 461 g/mol. The zero-order chi connectivity index (χ0) is 23.2. The number of nitrogens with one attached hydrogen (secondary N) is 3. The average molecular weight is 483 g/mol. The van der Waals surface area contributed by atoms with Crippen LogP contribution in [-0.4, -0.2) is 74.9 Å². The summed E-state index contributed by atoms with van der Waals surface area (Å²) >= 11 is 1.27. The number of β-lactam (4-membered cyclic amide) rings is 1. The number of urea groups is 2. The van der Waals surface area contributed by atoms with Crippen molar-refractivity contribution in [1.29, 1.82) is 0 Å². The number of hydrogen-bond acceptors (Lipinski definition) is 7. The van der Waals surface area contributed by atoms with Crippen molar-refractivity contribution in [3.8, 4) is 0 Å². The van der Waals surface area contributed by atoms with E-state index in [1.54, 1.807) is 44.2 Å². The molecule has 33 heavy (non-hydrogen) atoms. The molecule has 0 saturated carbocycles. The summed E-state index contributed by atoms with van der Waals surface area (Å²) < 4.78 is -0.783. The zero-order valence-electron chi connectivity index (χ0n) is 18.4. The number of benzene rings is 1. The van der Waals surface area contributed by atoms with Crippen LogP contribution in [-0.2, 0) is 14.4 Å². The van der Waals surface area contributed by atoms with Crippen molar-refractivity contribution in [2.75, 3.05) is 13.1 Å². The fraction of sp³-hybridized carbons (Fsp3) is 0.450. The fourth-order valence-electron chi connectivity index (χ4n) is 4.18. The van der Waals surface area contributed by atoms with Gasteiger partial charge in [0.2, 0.25) is 11.8 Å². The van der Waals surface area contributed by atoms with Crippen molar-refractivity contribution in [3.63, 3.8) is 0 Å². The molecule has 13 heteroatoms. The molecule has 3 saturated heterocycles. The molecule has 4 atom stereocenters. The molecule has 0 aromatic heterocycles. The molecule has 3 N–H and O–H groups in total. The van der Waals surface area contributed by atoms with Crippen LogP contribution in [0.1, 0.15) is 25.5 Å². The summed E-state index contributed by atoms with van der Waals surface area (Å²) in [5.74, 6) is -2.51. The van der Waals surface area contributed by atoms with E-state index in [0.717, 1.165) is 4.90 Å². The van der Waals surface area contributed by atoms with Gasteiger partial charge < -0.3 is 30.8 Å². The van der Waals surface area contributed by atoms with E-state index in [9.17, 15) is 29.1 Å². The Hall–Kier alpha value is -2.28. The van der Waals surface area contributed by atoms with Crippen LogP contribution in [0.4, 0.5) is 9.59 Å². The van der Waals surface area contributed by atoms with Crippen LogP contribution in [0, 0.1) is 0 Å². The molecule has 3 fully saturated rings. The van der Waals surface area contributed by atoms with E-state index in [1.807, 2.05) is 0 Å². The summed E-state index contributed by atoms with van der Waals surface area (Å²) in [5.41, 5.74) is 0.466. The molecule has 6 amide bonds. The van der Waals surface area contributed by atoms with Gasteiger partial charge in [-0.05, 0) is 19.4 Å². The minimum Gasteiger partial charge on any atom is -0.548 e. The van der Waals surface area contributed by atoms with Crippen molar-refractivity contribution >= 4 is 41.6 Å². The van der Waals surface area contributed by atoms with Crippen LogP contribution in [0.2, 0.25) is 0 Å². The largest absolute Gasteiger partial charge is 1.00 e. The molecule has 4 rings (SSSR count). The third kappa shape index (κ3) is 4.57. The van der Waals surface area contributed by atoms with Gasteiger partial charge in [0.1, 0.15) is 17.5 Å². The van der Waals surface area contributed by atoms with Crippen molar-refractivity contribution in [2.45, 2.75) is 42.1 Å². The van der Waals surface area contributed by atoms with Gasteiger partial charge in [0, 0.05) is 17.8 Å². The average Bonchev–Trinajstić information content (AvgIpc) is 3.29. The van der Waals surface area contributed by atoms with E-state index in [2.05, 4.69) is 16.0 Å². The standard InChI is InChI=1S/C20H23N5O6S.Na/c1-20(2)13(17(28)29)25-15(27)12(16(25)32-20)22-14(26)11(10-6-4-3-5-7-10)23-19(31)24-9-8-21-18(24)30;/h3-7,11-13,16H,8-9H2,1-2H3,(H,21,30)(H,22,26)(H,23,31)(H,28,29);/q;+1/p-1/t11-,12-,13+,16-;/m1./s1. The Kier molecular flexibility index (Phi) is 7.32. The van der Waals surface area contributed by atoms with Crippen LogP contribution >= 0.6 is 11.8 Å². The van der Waals surface area contributed by atoms with Crippen molar-refractivity contribution in [3.05, 3.63) is 35.9 Å². The first-order valence-corrected chi connectivity index (χ1v) is 10.9. The molecule has 0 radical (unpaired) electrons. The Balaban J connectivity index is 0.00000306. The molecule has 11 nitrogen and oxygen atoms in total. The molecule has 170 valence electrons. The Morgan fingerprint density at radius 2 is 1.88 bits per heavy atom. The van der Waals surface area contributed by atoms with Crippen molar-refractivity contribution in [2.24, 2.45) is 0 Å². The predicted molar refractivity (Wildman–Crippen MR) is 111 cm³/mol. The Labute approximate surface area is 216 Å². The van der Waals surface area contributed by atoms with Gasteiger partial charge in [-0.3, -0.25) is 9.59 Å². The molecule has 0 unspecified atom stereocenters. The topological polar surface area (TPSA) is 151 Å². The van der Waals surface area contributed by atoms with Gasteiger partial charge >= 0.3 is 41.6 Å². The summed E-state index contributed by atoms with van der Waals surface area (Å²) in [6.45, 7) is 3.89. The number of imide groups is 1. The molecular formula is C20H22N5NaO6S. The number of carboxylic acid groups (broad SMARTS) is 1. The molecule has 0 aliphatic carbocycles. The van der Waals surface area contributed by atoms with Gasteiger partial charge in [-0.25, -0.2) is 14.5 Å². The maximum atomic E-state index is 13.1. The minimum atomic E-state index is -1.35. The first-order valence-electron chi connectivity index (χ1n) is 10.0. The normalized spacial score (nSPS) is 25.8. The first-order chi connectivity index (χ1) is 15.1. The Morgan fingerprint density at radius 1 is 1.21 bits per heavy atom. The third-order valence-electron chi connectivity index (χ3n) is 5.73. The molecule has 1 aromatic carbocycles. The second-order valence-corrected chi connectivity index (χ2v) is 10.0. The number of hydrogen-bond donors (Lipinski definition) is 3. The van der Waals surface area contributed by atoms with Gasteiger partial charge in [-0.2, -0.15) is 0 Å². The summed E-state index contributed by atoms with van der Waals surface area (Å²) in [6.07, 6.45) is 0. The van der Waals surface area contributed by atoms with Gasteiger partial charge in [0.05, 0.1) is 12.0 Å². The second-order valence-electron chi connectivity index (χ2n) is 8.24. The van der Waals surface area contributed by atoms with Gasteiger partial charge in [-0.15, -0.1) is 11.8 Å². The van der Waals surface area contributed by atoms with E-state index in [0.29, 0.717) is 12.1 Å². The summed E-state index contributed by atoms with van der Waals surface area (Å²) in [5, 5.41) is 18.7. The number of rotatable bonds is 5. The maximum Gasteiger partial charge on any atom is 1.00 e. The van der Waals surface area contributed by atoms with E-state index in [1.165, 1.54) is 16.7 Å². The first kappa shape index (κ1) is 25.3. The van der Waals surface area contributed by atoms with E-state index in [4.69, 9.17) is 0 Å². The molecule has 3 aliphatic heterocycles. The number of fused-ring (bicyclic) bond motifs is 1.